The third kappa shape index (κ3) is 4.11. The molecule has 0 aromatic heterocycles. The van der Waals surface area contributed by atoms with Gasteiger partial charge in [0.1, 0.15) is 5.82 Å². The first-order chi connectivity index (χ1) is 15.6. The molecule has 0 saturated carbocycles. The Morgan fingerprint density at radius 2 is 1.72 bits per heavy atom. The number of carbonyl (C=O) groups excluding carboxylic acids is 1. The number of amidine groups is 1. The summed E-state index contributed by atoms with van der Waals surface area (Å²) in [5, 5.41) is 5.16. The summed E-state index contributed by atoms with van der Waals surface area (Å²) in [5.74, 6) is -0.579. The lowest BCUT2D eigenvalue weighted by atomic mass is 10.0. The van der Waals surface area contributed by atoms with Crippen LogP contribution < -0.4 is 5.43 Å². The Balaban J connectivity index is 1.51. The minimum absolute atomic E-state index is 0.254. The second-order valence-electron chi connectivity index (χ2n) is 7.12. The van der Waals surface area contributed by atoms with Gasteiger partial charge in [-0.1, -0.05) is 58.4 Å². The average molecular weight is 507 g/mol. The number of rotatable bonds is 4. The fourth-order valence-corrected chi connectivity index (χ4v) is 4.59. The molecule has 2 aliphatic heterocycles. The number of carbonyl (C=O) groups is 1. The normalized spacial score (nSPS) is 18.9. The molecule has 1 N–H and O–H groups in total. The summed E-state index contributed by atoms with van der Waals surface area (Å²) in [4.78, 5) is 19.6. The SMILES string of the molecule is O=C1/C(=N\Nc2ccc(Br)cc2)SC2=NC(c3ccccc3)=CC(c3ccc(F)cc3)N12. The summed E-state index contributed by atoms with van der Waals surface area (Å²) in [6.07, 6.45) is 1.93. The van der Waals surface area contributed by atoms with Crippen LogP contribution in [0, 0.1) is 5.82 Å². The number of amides is 1. The van der Waals surface area contributed by atoms with Crippen LogP contribution in [0.5, 0.6) is 0 Å². The van der Waals surface area contributed by atoms with Crippen molar-refractivity contribution in [2.75, 3.05) is 5.43 Å². The van der Waals surface area contributed by atoms with Gasteiger partial charge in [-0.25, -0.2) is 9.38 Å². The molecule has 3 aromatic rings. The Morgan fingerprint density at radius 3 is 2.44 bits per heavy atom. The molecule has 158 valence electrons. The zero-order chi connectivity index (χ0) is 22.1. The molecule has 1 unspecified atom stereocenters. The van der Waals surface area contributed by atoms with Crippen LogP contribution in [0.1, 0.15) is 17.2 Å². The van der Waals surface area contributed by atoms with Crippen molar-refractivity contribution >= 4 is 55.2 Å². The van der Waals surface area contributed by atoms with Crippen molar-refractivity contribution in [1.82, 2.24) is 4.90 Å². The number of benzene rings is 3. The number of hydrogen-bond donors (Lipinski definition) is 1. The molecule has 1 atom stereocenters. The molecule has 3 aromatic carbocycles. The minimum Gasteiger partial charge on any atom is -0.277 e. The molecule has 0 radical (unpaired) electrons. The number of hydrogen-bond acceptors (Lipinski definition) is 5. The fraction of sp³-hybridized carbons (Fsp3) is 0.0417. The zero-order valence-electron chi connectivity index (χ0n) is 16.6. The molecule has 1 amide bonds. The Labute approximate surface area is 196 Å². The second kappa shape index (κ2) is 8.72. The Hall–Kier alpha value is -3.23. The number of thioether (sulfide) groups is 1. The Kier molecular flexibility index (Phi) is 5.63. The molecular formula is C24H16BrFN4OS. The molecule has 1 fully saturated rings. The quantitative estimate of drug-likeness (QED) is 0.438. The third-order valence-corrected chi connectivity index (χ3v) is 6.48. The van der Waals surface area contributed by atoms with Gasteiger partial charge in [0.15, 0.2) is 10.2 Å². The van der Waals surface area contributed by atoms with Crippen molar-refractivity contribution < 1.29 is 9.18 Å². The first kappa shape index (κ1) is 20.7. The highest BCUT2D eigenvalue weighted by Crippen LogP contribution is 2.39. The molecule has 1 saturated heterocycles. The van der Waals surface area contributed by atoms with Crippen molar-refractivity contribution in [2.24, 2.45) is 10.1 Å². The highest BCUT2D eigenvalue weighted by atomic mass is 79.9. The second-order valence-corrected chi connectivity index (χ2v) is 8.99. The topological polar surface area (TPSA) is 57.1 Å². The van der Waals surface area contributed by atoms with Gasteiger partial charge in [-0.3, -0.25) is 15.1 Å². The van der Waals surface area contributed by atoms with E-state index in [1.165, 1.54) is 23.9 Å². The van der Waals surface area contributed by atoms with Gasteiger partial charge in [-0.15, -0.1) is 0 Å². The van der Waals surface area contributed by atoms with E-state index < -0.39 is 6.04 Å². The van der Waals surface area contributed by atoms with E-state index in [-0.39, 0.29) is 11.7 Å². The summed E-state index contributed by atoms with van der Waals surface area (Å²) in [6.45, 7) is 0. The van der Waals surface area contributed by atoms with Crippen LogP contribution in [0.3, 0.4) is 0 Å². The maximum atomic E-state index is 13.5. The molecule has 5 nitrogen and oxygen atoms in total. The molecule has 0 spiro atoms. The highest BCUT2D eigenvalue weighted by molar-refractivity contribution is 9.10. The van der Waals surface area contributed by atoms with Gasteiger partial charge in [0.2, 0.25) is 0 Å². The molecule has 2 aliphatic rings. The van der Waals surface area contributed by atoms with Crippen molar-refractivity contribution in [1.29, 1.82) is 0 Å². The van der Waals surface area contributed by atoms with Crippen molar-refractivity contribution in [3.05, 3.63) is 106 Å². The molecule has 5 rings (SSSR count). The standard InChI is InChI=1S/C24H16BrFN4OS/c25-17-8-12-19(13-9-17)28-29-22-23(31)30-21(16-6-10-18(26)11-7-16)14-20(27-24(30)32-22)15-4-2-1-3-5-15/h1-14,21,28H/b29-22+. The van der Waals surface area contributed by atoms with Gasteiger partial charge in [-0.05, 0) is 65.4 Å². The lowest BCUT2D eigenvalue weighted by Crippen LogP contribution is -2.36. The van der Waals surface area contributed by atoms with E-state index in [2.05, 4.69) is 26.5 Å². The highest BCUT2D eigenvalue weighted by Gasteiger charge is 2.42. The zero-order valence-corrected chi connectivity index (χ0v) is 19.0. The van der Waals surface area contributed by atoms with Crippen molar-refractivity contribution in [3.63, 3.8) is 0 Å². The largest absolute Gasteiger partial charge is 0.288 e. The number of fused-ring (bicyclic) bond motifs is 1. The maximum absolute atomic E-state index is 13.5. The van der Waals surface area contributed by atoms with Crippen LogP contribution in [0.4, 0.5) is 10.1 Å². The fourth-order valence-electron chi connectivity index (χ4n) is 3.44. The molecule has 8 heteroatoms. The number of halogens is 2. The van der Waals surface area contributed by atoms with Gasteiger partial charge in [0.25, 0.3) is 5.91 Å². The predicted octanol–water partition coefficient (Wildman–Crippen LogP) is 6.04. The van der Waals surface area contributed by atoms with E-state index in [9.17, 15) is 9.18 Å². The Morgan fingerprint density at radius 1 is 1.00 bits per heavy atom. The number of nitrogens with one attached hydrogen (secondary N) is 1. The van der Waals surface area contributed by atoms with Crippen LogP contribution in [0.25, 0.3) is 5.70 Å². The first-order valence-electron chi connectivity index (χ1n) is 9.80. The third-order valence-electron chi connectivity index (χ3n) is 5.02. The van der Waals surface area contributed by atoms with Crippen molar-refractivity contribution in [2.45, 2.75) is 6.04 Å². The van der Waals surface area contributed by atoms with Crippen LogP contribution >= 0.6 is 27.7 Å². The van der Waals surface area contributed by atoms with Gasteiger partial charge in [0.05, 0.1) is 17.4 Å². The van der Waals surface area contributed by atoms with E-state index in [1.54, 1.807) is 17.0 Å². The number of hydrazone groups is 1. The van der Waals surface area contributed by atoms with E-state index >= 15 is 0 Å². The average Bonchev–Trinajstić information content (AvgIpc) is 3.15. The van der Waals surface area contributed by atoms with E-state index in [0.29, 0.717) is 10.2 Å². The summed E-state index contributed by atoms with van der Waals surface area (Å²) in [6, 6.07) is 23.0. The van der Waals surface area contributed by atoms with Gasteiger partial charge >= 0.3 is 0 Å². The summed E-state index contributed by atoms with van der Waals surface area (Å²) in [7, 11) is 0. The van der Waals surface area contributed by atoms with Gasteiger partial charge in [-0.2, -0.15) is 5.10 Å². The molecule has 0 aliphatic carbocycles. The lowest BCUT2D eigenvalue weighted by molar-refractivity contribution is -0.121. The van der Waals surface area contributed by atoms with Crippen molar-refractivity contribution in [3.8, 4) is 0 Å². The van der Waals surface area contributed by atoms with E-state index in [0.717, 1.165) is 27.0 Å². The molecule has 32 heavy (non-hydrogen) atoms. The predicted molar refractivity (Wildman–Crippen MR) is 131 cm³/mol. The van der Waals surface area contributed by atoms with Gasteiger partial charge < -0.3 is 0 Å². The molecule has 0 bridgehead atoms. The van der Waals surface area contributed by atoms with Crippen LogP contribution in [-0.4, -0.2) is 21.0 Å². The van der Waals surface area contributed by atoms with E-state index in [1.807, 2.05) is 60.7 Å². The summed E-state index contributed by atoms with van der Waals surface area (Å²) >= 11 is 4.61. The number of nitrogens with zero attached hydrogens (tertiary/aromatic N) is 3. The molecular weight excluding hydrogens is 491 g/mol. The maximum Gasteiger partial charge on any atom is 0.288 e. The first-order valence-corrected chi connectivity index (χ1v) is 11.4. The Bertz CT molecular complexity index is 1260. The van der Waals surface area contributed by atoms with Gasteiger partial charge in [0, 0.05) is 4.47 Å². The molecule has 2 heterocycles. The van der Waals surface area contributed by atoms with Crippen LogP contribution in [-0.2, 0) is 4.79 Å². The smallest absolute Gasteiger partial charge is 0.277 e. The van der Waals surface area contributed by atoms with E-state index in [4.69, 9.17) is 4.99 Å². The number of anilines is 1. The van der Waals surface area contributed by atoms with Crippen LogP contribution in [0.2, 0.25) is 0 Å². The summed E-state index contributed by atoms with van der Waals surface area (Å²) < 4.78 is 14.5. The van der Waals surface area contributed by atoms with Crippen LogP contribution in [0.15, 0.2) is 99.5 Å². The lowest BCUT2D eigenvalue weighted by Gasteiger charge is -2.29. The monoisotopic (exact) mass is 506 g/mol. The number of aliphatic imine (C=N–C) groups is 1. The summed E-state index contributed by atoms with van der Waals surface area (Å²) in [5.41, 5.74) is 6.19. The minimum atomic E-state index is -0.418.